The van der Waals surface area contributed by atoms with Gasteiger partial charge in [0.1, 0.15) is 5.82 Å². The molecule has 1 aliphatic rings. The third kappa shape index (κ3) is 5.02. The molecule has 1 N–H and O–H groups in total. The lowest BCUT2D eigenvalue weighted by molar-refractivity contribution is 0.104. The van der Waals surface area contributed by atoms with Crippen molar-refractivity contribution in [2.45, 2.75) is 31.8 Å². The summed E-state index contributed by atoms with van der Waals surface area (Å²) in [5.41, 5.74) is 1.46. The van der Waals surface area contributed by atoms with Crippen LogP contribution in [0.25, 0.3) is 0 Å². The molecule has 1 aromatic carbocycles. The van der Waals surface area contributed by atoms with Gasteiger partial charge >= 0.3 is 0 Å². The number of aryl methyl sites for hydroxylation is 1. The molecule has 24 heavy (non-hydrogen) atoms. The van der Waals surface area contributed by atoms with E-state index in [1.165, 1.54) is 12.1 Å². The fraction of sp³-hybridized carbons (Fsp3) is 0.375. The SMILES string of the molecule is Cl.Fc1cc(Nc2ncc(Br)c(CCC3CCCO3)n2)ccc1Cl. The van der Waals surface area contributed by atoms with Crippen molar-refractivity contribution >= 4 is 51.6 Å². The Morgan fingerprint density at radius 1 is 1.42 bits per heavy atom. The fourth-order valence-corrected chi connectivity index (χ4v) is 3.02. The van der Waals surface area contributed by atoms with Crippen LogP contribution in [0.1, 0.15) is 25.0 Å². The number of hydrogen-bond donors (Lipinski definition) is 1. The van der Waals surface area contributed by atoms with Crippen molar-refractivity contribution in [3.05, 3.63) is 45.4 Å². The van der Waals surface area contributed by atoms with Crippen LogP contribution in [0.5, 0.6) is 0 Å². The number of halogens is 4. The third-order valence-electron chi connectivity index (χ3n) is 3.72. The summed E-state index contributed by atoms with van der Waals surface area (Å²) >= 11 is 9.16. The molecule has 1 aromatic heterocycles. The average molecular weight is 437 g/mol. The van der Waals surface area contributed by atoms with E-state index in [9.17, 15) is 4.39 Å². The lowest BCUT2D eigenvalue weighted by atomic mass is 10.1. The van der Waals surface area contributed by atoms with Crippen LogP contribution < -0.4 is 5.32 Å². The first-order chi connectivity index (χ1) is 11.1. The first kappa shape index (κ1) is 19.4. The zero-order valence-electron chi connectivity index (χ0n) is 12.8. The normalized spacial score (nSPS) is 16.7. The number of benzene rings is 1. The lowest BCUT2D eigenvalue weighted by Crippen LogP contribution is -2.08. The highest BCUT2D eigenvalue weighted by Gasteiger charge is 2.16. The van der Waals surface area contributed by atoms with Crippen LogP contribution in [0, 0.1) is 5.82 Å². The largest absolute Gasteiger partial charge is 0.378 e. The number of nitrogens with zero attached hydrogens (tertiary/aromatic N) is 2. The summed E-state index contributed by atoms with van der Waals surface area (Å²) in [6, 6.07) is 4.50. The molecule has 1 saturated heterocycles. The number of nitrogens with one attached hydrogen (secondary N) is 1. The maximum Gasteiger partial charge on any atom is 0.227 e. The monoisotopic (exact) mass is 435 g/mol. The molecule has 4 nitrogen and oxygen atoms in total. The third-order valence-corrected chi connectivity index (χ3v) is 4.69. The van der Waals surface area contributed by atoms with Crippen molar-refractivity contribution in [2.75, 3.05) is 11.9 Å². The zero-order valence-corrected chi connectivity index (χ0v) is 15.9. The molecule has 0 aliphatic carbocycles. The van der Waals surface area contributed by atoms with Gasteiger partial charge in [0.05, 0.1) is 21.3 Å². The minimum Gasteiger partial charge on any atom is -0.378 e. The molecule has 8 heteroatoms. The van der Waals surface area contributed by atoms with Gasteiger partial charge in [0.25, 0.3) is 0 Å². The van der Waals surface area contributed by atoms with Gasteiger partial charge in [0.15, 0.2) is 0 Å². The maximum absolute atomic E-state index is 13.5. The van der Waals surface area contributed by atoms with Gasteiger partial charge in [-0.2, -0.15) is 0 Å². The van der Waals surface area contributed by atoms with Gasteiger partial charge in [0.2, 0.25) is 5.95 Å². The van der Waals surface area contributed by atoms with E-state index in [-0.39, 0.29) is 17.4 Å². The molecule has 1 aliphatic heterocycles. The smallest absolute Gasteiger partial charge is 0.227 e. The van der Waals surface area contributed by atoms with Crippen molar-refractivity contribution in [1.29, 1.82) is 0 Å². The second kappa shape index (κ2) is 8.94. The summed E-state index contributed by atoms with van der Waals surface area (Å²) in [5, 5.41) is 3.08. The standard InChI is InChI=1S/C16H16BrClFN3O.ClH/c17-12-9-20-16(21-10-3-5-13(18)14(19)8-10)22-15(12)6-4-11-2-1-7-23-11;/h3,5,8-9,11H,1-2,4,6-7H2,(H,20,21,22);1H. The highest BCUT2D eigenvalue weighted by atomic mass is 79.9. The van der Waals surface area contributed by atoms with E-state index in [2.05, 4.69) is 31.2 Å². The average Bonchev–Trinajstić information content (AvgIpc) is 3.05. The van der Waals surface area contributed by atoms with E-state index in [1.54, 1.807) is 12.3 Å². The Balaban J connectivity index is 0.00000208. The molecule has 1 fully saturated rings. The number of anilines is 2. The second-order valence-electron chi connectivity index (χ2n) is 5.42. The summed E-state index contributed by atoms with van der Waals surface area (Å²) in [6.45, 7) is 0.852. The molecule has 0 spiro atoms. The van der Waals surface area contributed by atoms with Crippen molar-refractivity contribution in [3.63, 3.8) is 0 Å². The molecule has 2 aromatic rings. The summed E-state index contributed by atoms with van der Waals surface area (Å²) in [7, 11) is 0. The Labute approximate surface area is 159 Å². The predicted molar refractivity (Wildman–Crippen MR) is 99.0 cm³/mol. The molecule has 0 radical (unpaired) electrons. The maximum atomic E-state index is 13.5. The van der Waals surface area contributed by atoms with E-state index >= 15 is 0 Å². The van der Waals surface area contributed by atoms with Crippen LogP contribution in [0.3, 0.4) is 0 Å². The molecule has 130 valence electrons. The van der Waals surface area contributed by atoms with Crippen molar-refractivity contribution < 1.29 is 9.13 Å². The molecular formula is C16H17BrCl2FN3O. The summed E-state index contributed by atoms with van der Waals surface area (Å²) in [4.78, 5) is 8.71. The number of hydrogen-bond acceptors (Lipinski definition) is 4. The summed E-state index contributed by atoms with van der Waals surface area (Å²) in [6.07, 6.45) is 6.00. The summed E-state index contributed by atoms with van der Waals surface area (Å²) in [5.74, 6) is -0.0513. The second-order valence-corrected chi connectivity index (χ2v) is 6.68. The summed E-state index contributed by atoms with van der Waals surface area (Å²) < 4.78 is 20.0. The Morgan fingerprint density at radius 3 is 2.96 bits per heavy atom. The zero-order chi connectivity index (χ0) is 16.2. The topological polar surface area (TPSA) is 47.0 Å². The van der Waals surface area contributed by atoms with Gasteiger partial charge in [-0.1, -0.05) is 11.6 Å². The van der Waals surface area contributed by atoms with Crippen LogP contribution in [0.4, 0.5) is 16.0 Å². The Bertz CT molecular complexity index is 699. The Morgan fingerprint density at radius 2 is 2.25 bits per heavy atom. The number of aromatic nitrogens is 2. The highest BCUT2D eigenvalue weighted by Crippen LogP contribution is 2.24. The Kier molecular flexibility index (Phi) is 7.22. The van der Waals surface area contributed by atoms with Crippen LogP contribution in [0.2, 0.25) is 5.02 Å². The van der Waals surface area contributed by atoms with Gasteiger partial charge in [-0.25, -0.2) is 14.4 Å². The van der Waals surface area contributed by atoms with E-state index < -0.39 is 5.82 Å². The van der Waals surface area contributed by atoms with Crippen molar-refractivity contribution in [2.24, 2.45) is 0 Å². The highest BCUT2D eigenvalue weighted by molar-refractivity contribution is 9.10. The predicted octanol–water partition coefficient (Wildman–Crippen LogP) is 5.31. The lowest BCUT2D eigenvalue weighted by Gasteiger charge is -2.11. The molecule has 0 saturated carbocycles. The van der Waals surface area contributed by atoms with E-state index in [1.807, 2.05) is 0 Å². The molecule has 2 heterocycles. The molecule has 0 amide bonds. The van der Waals surface area contributed by atoms with Crippen LogP contribution in [-0.4, -0.2) is 22.7 Å². The van der Waals surface area contributed by atoms with Crippen LogP contribution in [0.15, 0.2) is 28.9 Å². The fourth-order valence-electron chi connectivity index (χ4n) is 2.51. The van der Waals surface area contributed by atoms with Gasteiger partial charge < -0.3 is 10.1 Å². The van der Waals surface area contributed by atoms with Crippen molar-refractivity contribution in [1.82, 2.24) is 9.97 Å². The van der Waals surface area contributed by atoms with E-state index in [0.717, 1.165) is 42.5 Å². The van der Waals surface area contributed by atoms with Gasteiger partial charge in [-0.15, -0.1) is 12.4 Å². The van der Waals surface area contributed by atoms with Gasteiger partial charge in [-0.05, 0) is 59.8 Å². The molecule has 1 unspecified atom stereocenters. The number of ether oxygens (including phenoxy) is 1. The first-order valence-corrected chi connectivity index (χ1v) is 8.64. The van der Waals surface area contributed by atoms with E-state index in [4.69, 9.17) is 16.3 Å². The Hall–Kier alpha value is -0.950. The molecule has 1 atom stereocenters. The molecule has 3 rings (SSSR count). The van der Waals surface area contributed by atoms with Gasteiger partial charge in [-0.3, -0.25) is 0 Å². The minimum atomic E-state index is -0.479. The van der Waals surface area contributed by atoms with E-state index in [0.29, 0.717) is 17.7 Å². The minimum absolute atomic E-state index is 0. The van der Waals surface area contributed by atoms with Gasteiger partial charge in [0, 0.05) is 18.5 Å². The molecular weight excluding hydrogens is 420 g/mol. The van der Waals surface area contributed by atoms with Crippen LogP contribution in [-0.2, 0) is 11.2 Å². The molecule has 0 bridgehead atoms. The quantitative estimate of drug-likeness (QED) is 0.689. The van der Waals surface area contributed by atoms with Crippen LogP contribution >= 0.6 is 39.9 Å². The number of rotatable bonds is 5. The first-order valence-electron chi connectivity index (χ1n) is 7.47. The van der Waals surface area contributed by atoms with Crippen molar-refractivity contribution in [3.8, 4) is 0 Å².